The average molecular weight is 660 g/mol. The summed E-state index contributed by atoms with van der Waals surface area (Å²) in [6.45, 7) is 6.04. The number of aromatic nitrogens is 2. The Morgan fingerprint density at radius 2 is 2.00 bits per heavy atom. The normalized spacial score (nSPS) is 25.5. The Labute approximate surface area is 276 Å². The molecule has 0 unspecified atom stereocenters. The van der Waals surface area contributed by atoms with Gasteiger partial charge in [0.2, 0.25) is 5.91 Å². The summed E-state index contributed by atoms with van der Waals surface area (Å²) in [5.74, 6) is -1.27. The lowest BCUT2D eigenvalue weighted by Gasteiger charge is -2.42. The summed E-state index contributed by atoms with van der Waals surface area (Å²) in [6.07, 6.45) is 10.2. The van der Waals surface area contributed by atoms with Gasteiger partial charge in [-0.15, -0.1) is 6.42 Å². The number of phenolic OH excluding ortho intramolecular Hbond substituents is 1. The molecule has 250 valence electrons. The van der Waals surface area contributed by atoms with Crippen molar-refractivity contribution in [3.63, 3.8) is 0 Å². The van der Waals surface area contributed by atoms with Crippen LogP contribution >= 0.6 is 0 Å². The van der Waals surface area contributed by atoms with Crippen LogP contribution in [0.1, 0.15) is 60.6 Å². The lowest BCUT2D eigenvalue weighted by molar-refractivity contribution is -0.132. The van der Waals surface area contributed by atoms with E-state index < -0.39 is 42.3 Å². The number of nitrogens with zero attached hydrogens (tertiary/aromatic N) is 5. The summed E-state index contributed by atoms with van der Waals surface area (Å²) in [5, 5.41) is 11.6. The van der Waals surface area contributed by atoms with Crippen LogP contribution in [-0.2, 0) is 22.6 Å². The zero-order valence-electron chi connectivity index (χ0n) is 26.4. The van der Waals surface area contributed by atoms with Crippen molar-refractivity contribution in [3.05, 3.63) is 65.1 Å². The summed E-state index contributed by atoms with van der Waals surface area (Å²) in [4.78, 5) is 27.8. The Balaban J connectivity index is 1.18. The number of rotatable bonds is 6. The number of phenols is 1. The van der Waals surface area contributed by atoms with E-state index in [1.165, 1.54) is 23.1 Å². The highest BCUT2D eigenvalue weighted by molar-refractivity contribution is 5.93. The Hall–Kier alpha value is -4.34. The van der Waals surface area contributed by atoms with E-state index in [1.54, 1.807) is 11.0 Å². The molecule has 0 radical (unpaired) electrons. The first-order valence-corrected chi connectivity index (χ1v) is 16.5. The van der Waals surface area contributed by atoms with Gasteiger partial charge in [-0.3, -0.25) is 9.69 Å². The second kappa shape index (κ2) is 11.4. The number of aromatic hydroxyl groups is 1. The van der Waals surface area contributed by atoms with Crippen LogP contribution in [0.3, 0.4) is 0 Å². The van der Waals surface area contributed by atoms with Crippen molar-refractivity contribution in [2.45, 2.75) is 74.8 Å². The zero-order valence-corrected chi connectivity index (χ0v) is 26.4. The number of alkyl halides is 2. The molecule has 8 rings (SSSR count). The first-order valence-electron chi connectivity index (χ1n) is 16.5. The lowest BCUT2D eigenvalue weighted by atomic mass is 9.91. The third-order valence-electron chi connectivity index (χ3n) is 11.0. The SMILES string of the molecule is C#Cc1c(F)ccc2cc(O)cc([C@H]3Cc4nc(OCC56CCCN5CCC6)nc(N5C[C@@H]6CC(F)(F)[C@H](C5)N6C(=O)C=C)c4CO3)c12. The maximum Gasteiger partial charge on any atom is 0.318 e. The van der Waals surface area contributed by atoms with E-state index in [4.69, 9.17) is 25.9 Å². The Kier molecular flexibility index (Phi) is 7.34. The van der Waals surface area contributed by atoms with Gasteiger partial charge in [0.1, 0.15) is 30.0 Å². The second-order valence-corrected chi connectivity index (χ2v) is 13.7. The smallest absolute Gasteiger partial charge is 0.318 e. The molecule has 1 aromatic heterocycles. The molecular formula is C36H36F3N5O4. The van der Waals surface area contributed by atoms with Gasteiger partial charge in [-0.1, -0.05) is 18.6 Å². The molecule has 2 aromatic carbocycles. The van der Waals surface area contributed by atoms with Gasteiger partial charge in [-0.25, -0.2) is 13.2 Å². The standard InChI is InChI=1S/C36H36F3N5O4/c1-3-24-27(37)8-7-21-13-23(45)14-25(32(21)24)29-15-28-26(19-47-29)33(41-34(40-28)48-20-35-9-5-11-43(35)12-6-10-35)42-17-22-16-36(38,39)30(18-42)44(22)31(46)4-2/h1,4,7-8,13-14,22,29-30,45H,2,5-6,9-12,15-20H2/t22-,29+,30-/m0/s1. The molecular weight excluding hydrogens is 623 g/mol. The predicted octanol–water partition coefficient (Wildman–Crippen LogP) is 4.89. The summed E-state index contributed by atoms with van der Waals surface area (Å²) >= 11 is 0. The van der Waals surface area contributed by atoms with Crippen LogP contribution in [0.25, 0.3) is 10.8 Å². The van der Waals surface area contributed by atoms with Gasteiger partial charge in [-0.05, 0) is 74.0 Å². The van der Waals surface area contributed by atoms with Crippen molar-refractivity contribution in [3.8, 4) is 24.1 Å². The molecule has 3 atom stereocenters. The molecule has 12 heteroatoms. The number of hydrogen-bond donors (Lipinski definition) is 1. The summed E-state index contributed by atoms with van der Waals surface area (Å²) in [7, 11) is 0. The van der Waals surface area contributed by atoms with Crippen LogP contribution in [0, 0.1) is 18.2 Å². The van der Waals surface area contributed by atoms with E-state index >= 15 is 8.78 Å². The van der Waals surface area contributed by atoms with Gasteiger partial charge in [0.15, 0.2) is 0 Å². The van der Waals surface area contributed by atoms with E-state index in [9.17, 15) is 14.3 Å². The van der Waals surface area contributed by atoms with Gasteiger partial charge < -0.3 is 24.4 Å². The molecule has 1 N–H and O–H groups in total. The quantitative estimate of drug-likeness (QED) is 0.296. The van der Waals surface area contributed by atoms with Gasteiger partial charge in [0.25, 0.3) is 5.92 Å². The van der Waals surface area contributed by atoms with E-state index in [0.717, 1.165) is 44.8 Å². The average Bonchev–Trinajstić information content (AvgIpc) is 3.70. The number of piperazine rings is 1. The lowest BCUT2D eigenvalue weighted by Crippen LogP contribution is -2.58. The highest BCUT2D eigenvalue weighted by Crippen LogP contribution is 2.46. The van der Waals surface area contributed by atoms with Crippen LogP contribution in [0.5, 0.6) is 11.8 Å². The van der Waals surface area contributed by atoms with Crippen LogP contribution in [-0.4, -0.2) is 87.1 Å². The van der Waals surface area contributed by atoms with Gasteiger partial charge in [0.05, 0.1) is 35.5 Å². The highest BCUT2D eigenvalue weighted by atomic mass is 19.3. The minimum atomic E-state index is -3.07. The van der Waals surface area contributed by atoms with Crippen molar-refractivity contribution < 1.29 is 32.5 Å². The van der Waals surface area contributed by atoms with Crippen LogP contribution in [0.15, 0.2) is 36.9 Å². The molecule has 4 saturated heterocycles. The van der Waals surface area contributed by atoms with Crippen molar-refractivity contribution in [1.29, 1.82) is 0 Å². The number of carbonyl (C=O) groups is 1. The molecule has 5 aliphatic rings. The van der Waals surface area contributed by atoms with Gasteiger partial charge >= 0.3 is 6.01 Å². The summed E-state index contributed by atoms with van der Waals surface area (Å²) in [6, 6.07) is 3.98. The molecule has 2 bridgehead atoms. The fourth-order valence-electron chi connectivity index (χ4n) is 8.80. The minimum Gasteiger partial charge on any atom is -0.508 e. The molecule has 0 saturated carbocycles. The van der Waals surface area contributed by atoms with Crippen LogP contribution in [0.2, 0.25) is 0 Å². The molecule has 1 amide bonds. The molecule has 0 spiro atoms. The maximum atomic E-state index is 15.3. The van der Waals surface area contributed by atoms with Crippen LogP contribution in [0.4, 0.5) is 19.0 Å². The van der Waals surface area contributed by atoms with Gasteiger partial charge in [-0.2, -0.15) is 9.97 Å². The Morgan fingerprint density at radius 1 is 1.21 bits per heavy atom. The monoisotopic (exact) mass is 659 g/mol. The molecule has 6 heterocycles. The third-order valence-corrected chi connectivity index (χ3v) is 11.0. The van der Waals surface area contributed by atoms with E-state index in [-0.39, 0.29) is 49.0 Å². The van der Waals surface area contributed by atoms with E-state index in [1.807, 2.05) is 0 Å². The van der Waals surface area contributed by atoms with Crippen molar-refractivity contribution in [2.24, 2.45) is 0 Å². The highest BCUT2D eigenvalue weighted by Gasteiger charge is 2.59. The number of fused-ring (bicyclic) bond motifs is 5. The number of terminal acetylenes is 1. The first-order chi connectivity index (χ1) is 23.1. The zero-order chi connectivity index (χ0) is 33.4. The van der Waals surface area contributed by atoms with Gasteiger partial charge in [0, 0.05) is 36.9 Å². The van der Waals surface area contributed by atoms with Crippen molar-refractivity contribution in [2.75, 3.05) is 37.7 Å². The molecule has 4 fully saturated rings. The van der Waals surface area contributed by atoms with E-state index in [2.05, 4.69) is 17.4 Å². The summed E-state index contributed by atoms with van der Waals surface area (Å²) in [5.41, 5.74) is 1.77. The molecule has 0 aliphatic carbocycles. The Morgan fingerprint density at radius 3 is 2.73 bits per heavy atom. The predicted molar refractivity (Wildman–Crippen MR) is 171 cm³/mol. The number of carbonyl (C=O) groups excluding carboxylic acids is 1. The molecule has 9 nitrogen and oxygen atoms in total. The Bertz CT molecular complexity index is 1870. The summed E-state index contributed by atoms with van der Waals surface area (Å²) < 4.78 is 58.1. The second-order valence-electron chi connectivity index (χ2n) is 13.7. The molecule has 5 aliphatic heterocycles. The first kappa shape index (κ1) is 31.0. The minimum absolute atomic E-state index is 0.0193. The topological polar surface area (TPSA) is 91.3 Å². The van der Waals surface area contributed by atoms with E-state index in [0.29, 0.717) is 40.0 Å². The maximum absolute atomic E-state index is 15.3. The largest absolute Gasteiger partial charge is 0.508 e. The number of hydrogen-bond acceptors (Lipinski definition) is 8. The molecule has 3 aromatic rings. The number of anilines is 1. The third kappa shape index (κ3) is 4.89. The van der Waals surface area contributed by atoms with Crippen LogP contribution < -0.4 is 9.64 Å². The fourth-order valence-corrected chi connectivity index (χ4v) is 8.80. The fraction of sp³-hybridized carbons (Fsp3) is 0.472. The molecule has 48 heavy (non-hydrogen) atoms. The number of benzene rings is 2. The van der Waals surface area contributed by atoms with Crippen molar-refractivity contribution >= 4 is 22.5 Å². The van der Waals surface area contributed by atoms with Crippen molar-refractivity contribution in [1.82, 2.24) is 19.8 Å². The number of ether oxygens (including phenoxy) is 2. The number of amides is 1. The number of halogens is 3.